The van der Waals surface area contributed by atoms with E-state index in [1.54, 1.807) is 7.11 Å². The minimum atomic E-state index is 0.663. The van der Waals surface area contributed by atoms with Crippen LogP contribution in [0.1, 0.15) is 31.0 Å². The van der Waals surface area contributed by atoms with Crippen LogP contribution in [0.25, 0.3) is 0 Å². The normalized spacial score (nSPS) is 16.4. The van der Waals surface area contributed by atoms with Gasteiger partial charge in [0.1, 0.15) is 0 Å². The monoisotopic (exact) mass is 209 g/mol. The quantitative estimate of drug-likeness (QED) is 0.754. The minimum Gasteiger partial charge on any atom is -0.383 e. The zero-order chi connectivity index (χ0) is 10.7. The maximum Gasteiger partial charge on any atom is 0.203 e. The number of ether oxygens (including phenoxy) is 1. The predicted molar refractivity (Wildman–Crippen MR) is 60.2 cm³/mol. The van der Waals surface area contributed by atoms with Crippen molar-refractivity contribution in [1.82, 2.24) is 9.55 Å². The molecule has 1 saturated carbocycles. The van der Waals surface area contributed by atoms with Gasteiger partial charge in [-0.25, -0.2) is 4.98 Å². The predicted octanol–water partition coefficient (Wildman–Crippen LogP) is 1.97. The molecule has 0 bridgehead atoms. The molecule has 1 N–H and O–H groups in total. The third-order valence-electron chi connectivity index (χ3n) is 2.91. The lowest BCUT2D eigenvalue weighted by Gasteiger charge is -2.28. The fourth-order valence-electron chi connectivity index (χ4n) is 1.86. The van der Waals surface area contributed by atoms with E-state index in [0.717, 1.165) is 24.8 Å². The van der Waals surface area contributed by atoms with Crippen molar-refractivity contribution in [3.8, 4) is 0 Å². The Morgan fingerprint density at radius 1 is 1.60 bits per heavy atom. The second-order valence-electron chi connectivity index (χ2n) is 4.12. The fourth-order valence-corrected chi connectivity index (χ4v) is 1.86. The summed E-state index contributed by atoms with van der Waals surface area (Å²) in [5, 5.41) is 3.31. The van der Waals surface area contributed by atoms with Crippen LogP contribution in [0.3, 0.4) is 0 Å². The second-order valence-corrected chi connectivity index (χ2v) is 4.12. The standard InChI is InChI=1S/C11H19N3O/c1-9-8-14(10-4-3-5-10)11(13-9)12-6-7-15-2/h8,10H,3-7H2,1-2H3,(H,12,13). The van der Waals surface area contributed by atoms with E-state index in [1.165, 1.54) is 19.3 Å². The van der Waals surface area contributed by atoms with Crippen LogP contribution in [-0.4, -0.2) is 29.8 Å². The van der Waals surface area contributed by atoms with E-state index >= 15 is 0 Å². The first-order chi connectivity index (χ1) is 7.31. The van der Waals surface area contributed by atoms with Crippen molar-refractivity contribution in [2.75, 3.05) is 25.6 Å². The van der Waals surface area contributed by atoms with Crippen LogP contribution in [0.2, 0.25) is 0 Å². The van der Waals surface area contributed by atoms with Crippen LogP contribution in [0.15, 0.2) is 6.20 Å². The maximum atomic E-state index is 5.01. The lowest BCUT2D eigenvalue weighted by Crippen LogP contribution is -2.20. The molecule has 0 spiro atoms. The molecule has 1 aliphatic rings. The summed E-state index contributed by atoms with van der Waals surface area (Å²) in [6, 6.07) is 0.663. The van der Waals surface area contributed by atoms with Gasteiger partial charge in [-0.15, -0.1) is 0 Å². The van der Waals surface area contributed by atoms with Crippen LogP contribution >= 0.6 is 0 Å². The lowest BCUT2D eigenvalue weighted by molar-refractivity contribution is 0.210. The van der Waals surface area contributed by atoms with Crippen molar-refractivity contribution in [3.63, 3.8) is 0 Å². The first-order valence-electron chi connectivity index (χ1n) is 5.59. The van der Waals surface area contributed by atoms with Gasteiger partial charge in [-0.1, -0.05) is 0 Å². The Kier molecular flexibility index (Phi) is 3.26. The molecule has 4 heteroatoms. The van der Waals surface area contributed by atoms with Gasteiger partial charge in [-0.3, -0.25) is 0 Å². The maximum absolute atomic E-state index is 5.01. The Hall–Kier alpha value is -1.03. The first-order valence-corrected chi connectivity index (χ1v) is 5.59. The molecule has 15 heavy (non-hydrogen) atoms. The topological polar surface area (TPSA) is 39.1 Å². The zero-order valence-corrected chi connectivity index (χ0v) is 9.49. The van der Waals surface area contributed by atoms with E-state index in [4.69, 9.17) is 4.74 Å². The number of aryl methyl sites for hydroxylation is 1. The number of rotatable bonds is 5. The van der Waals surface area contributed by atoms with E-state index in [-0.39, 0.29) is 0 Å². The average Bonchev–Trinajstić information content (AvgIpc) is 2.45. The van der Waals surface area contributed by atoms with Gasteiger partial charge in [0.25, 0.3) is 0 Å². The van der Waals surface area contributed by atoms with Gasteiger partial charge >= 0.3 is 0 Å². The van der Waals surface area contributed by atoms with Crippen LogP contribution in [0.5, 0.6) is 0 Å². The molecule has 1 fully saturated rings. The van der Waals surface area contributed by atoms with Crippen LogP contribution < -0.4 is 5.32 Å². The molecule has 0 amide bonds. The van der Waals surface area contributed by atoms with Gasteiger partial charge in [0, 0.05) is 25.9 Å². The summed E-state index contributed by atoms with van der Waals surface area (Å²) in [6.07, 6.45) is 6.06. The molecule has 84 valence electrons. The van der Waals surface area contributed by atoms with Crippen molar-refractivity contribution >= 4 is 5.95 Å². The highest BCUT2D eigenvalue weighted by molar-refractivity contribution is 5.29. The van der Waals surface area contributed by atoms with E-state index in [9.17, 15) is 0 Å². The molecule has 0 unspecified atom stereocenters. The van der Waals surface area contributed by atoms with E-state index < -0.39 is 0 Å². The number of hydrogen-bond donors (Lipinski definition) is 1. The van der Waals surface area contributed by atoms with Gasteiger partial charge in [0.05, 0.1) is 12.3 Å². The van der Waals surface area contributed by atoms with Crippen molar-refractivity contribution in [3.05, 3.63) is 11.9 Å². The first kappa shape index (κ1) is 10.5. The fraction of sp³-hybridized carbons (Fsp3) is 0.727. The third kappa shape index (κ3) is 2.31. The zero-order valence-electron chi connectivity index (χ0n) is 9.49. The van der Waals surface area contributed by atoms with Crippen molar-refractivity contribution in [1.29, 1.82) is 0 Å². The summed E-state index contributed by atoms with van der Waals surface area (Å²) in [5.41, 5.74) is 1.09. The minimum absolute atomic E-state index is 0.663. The summed E-state index contributed by atoms with van der Waals surface area (Å²) in [7, 11) is 1.71. The summed E-state index contributed by atoms with van der Waals surface area (Å²) in [6.45, 7) is 3.58. The Morgan fingerprint density at radius 3 is 3.00 bits per heavy atom. The van der Waals surface area contributed by atoms with E-state index in [1.807, 2.05) is 6.92 Å². The molecular formula is C11H19N3O. The lowest BCUT2D eigenvalue weighted by atomic mass is 9.93. The number of aromatic nitrogens is 2. The highest BCUT2D eigenvalue weighted by atomic mass is 16.5. The summed E-state index contributed by atoms with van der Waals surface area (Å²) >= 11 is 0. The Labute approximate surface area is 90.6 Å². The van der Waals surface area contributed by atoms with Crippen LogP contribution in [0.4, 0.5) is 5.95 Å². The Morgan fingerprint density at radius 2 is 2.40 bits per heavy atom. The SMILES string of the molecule is COCCNc1nc(C)cn1C1CCC1. The number of hydrogen-bond acceptors (Lipinski definition) is 3. The molecule has 1 aliphatic carbocycles. The van der Waals surface area contributed by atoms with Crippen molar-refractivity contribution in [2.24, 2.45) is 0 Å². The van der Waals surface area contributed by atoms with Crippen molar-refractivity contribution < 1.29 is 4.74 Å². The average molecular weight is 209 g/mol. The van der Waals surface area contributed by atoms with Gasteiger partial charge < -0.3 is 14.6 Å². The summed E-state index contributed by atoms with van der Waals surface area (Å²) < 4.78 is 7.28. The van der Waals surface area contributed by atoms with Gasteiger partial charge in [0.15, 0.2) is 0 Å². The molecule has 0 radical (unpaired) electrons. The number of anilines is 1. The summed E-state index contributed by atoms with van der Waals surface area (Å²) in [5.74, 6) is 0.995. The van der Waals surface area contributed by atoms with Gasteiger partial charge in [0.2, 0.25) is 5.95 Å². The van der Waals surface area contributed by atoms with E-state index in [0.29, 0.717) is 6.04 Å². The third-order valence-corrected chi connectivity index (χ3v) is 2.91. The number of nitrogens with zero attached hydrogens (tertiary/aromatic N) is 2. The molecule has 0 aliphatic heterocycles. The molecule has 2 rings (SSSR count). The van der Waals surface area contributed by atoms with E-state index in [2.05, 4.69) is 21.1 Å². The van der Waals surface area contributed by atoms with Gasteiger partial charge in [-0.2, -0.15) is 0 Å². The number of methoxy groups -OCH3 is 1. The number of imidazole rings is 1. The molecular weight excluding hydrogens is 190 g/mol. The van der Waals surface area contributed by atoms with Crippen LogP contribution in [0, 0.1) is 6.92 Å². The van der Waals surface area contributed by atoms with Crippen molar-refractivity contribution in [2.45, 2.75) is 32.2 Å². The smallest absolute Gasteiger partial charge is 0.203 e. The Balaban J connectivity index is 2.00. The second kappa shape index (κ2) is 4.66. The highest BCUT2D eigenvalue weighted by Crippen LogP contribution is 2.33. The molecule has 1 heterocycles. The molecule has 1 aromatic rings. The molecule has 0 aromatic carbocycles. The molecule has 1 aromatic heterocycles. The highest BCUT2D eigenvalue weighted by Gasteiger charge is 2.22. The number of nitrogens with one attached hydrogen (secondary N) is 1. The largest absolute Gasteiger partial charge is 0.383 e. The Bertz CT molecular complexity index is 318. The molecule has 0 atom stereocenters. The summed E-state index contributed by atoms with van der Waals surface area (Å²) in [4.78, 5) is 4.48. The molecule has 4 nitrogen and oxygen atoms in total. The van der Waals surface area contributed by atoms with Gasteiger partial charge in [-0.05, 0) is 26.2 Å². The molecule has 0 saturated heterocycles. The van der Waals surface area contributed by atoms with Crippen LogP contribution in [-0.2, 0) is 4.74 Å².